The van der Waals surface area contributed by atoms with E-state index in [0.29, 0.717) is 0 Å². The minimum Gasteiger partial charge on any atom is -0.338 e. The minimum atomic E-state index is -4.41. The molecule has 0 bridgehead atoms. The Balaban J connectivity index is 1.56. The highest BCUT2D eigenvalue weighted by molar-refractivity contribution is 5.73. The zero-order valence-corrected chi connectivity index (χ0v) is 16.8. The van der Waals surface area contributed by atoms with Crippen LogP contribution in [0.4, 0.5) is 18.0 Å². The highest BCUT2D eigenvalue weighted by Crippen LogP contribution is 2.31. The van der Waals surface area contributed by atoms with Crippen molar-refractivity contribution in [2.45, 2.75) is 33.0 Å². The molecule has 0 atom stereocenters. The first-order chi connectivity index (χ1) is 14.3. The van der Waals surface area contributed by atoms with E-state index in [1.807, 2.05) is 48.9 Å². The number of amides is 2. The first kappa shape index (κ1) is 21.4. The predicted octanol–water partition coefficient (Wildman–Crippen LogP) is 4.55. The van der Waals surface area contributed by atoms with E-state index in [2.05, 4.69) is 15.7 Å². The number of hydrogen-bond donors (Lipinski definition) is 2. The number of urea groups is 1. The third kappa shape index (κ3) is 5.00. The number of hydrogen-bond acceptors (Lipinski definition) is 2. The van der Waals surface area contributed by atoms with Crippen LogP contribution in [0.3, 0.4) is 0 Å². The van der Waals surface area contributed by atoms with Crippen molar-refractivity contribution in [3.05, 3.63) is 82.7 Å². The Bertz CT molecular complexity index is 1010. The number of rotatable bonds is 6. The topological polar surface area (TPSA) is 59.0 Å². The van der Waals surface area contributed by atoms with Gasteiger partial charge in [0.05, 0.1) is 16.9 Å². The average Bonchev–Trinajstić information content (AvgIpc) is 3.00. The van der Waals surface area contributed by atoms with Gasteiger partial charge >= 0.3 is 12.2 Å². The van der Waals surface area contributed by atoms with Gasteiger partial charge in [0.1, 0.15) is 0 Å². The van der Waals surface area contributed by atoms with Crippen LogP contribution in [-0.2, 0) is 19.1 Å². The lowest BCUT2D eigenvalue weighted by molar-refractivity contribution is -0.138. The van der Waals surface area contributed by atoms with Crippen LogP contribution in [-0.4, -0.2) is 22.4 Å². The molecule has 0 unspecified atom stereocenters. The van der Waals surface area contributed by atoms with E-state index < -0.39 is 17.8 Å². The van der Waals surface area contributed by atoms with Crippen LogP contribution in [0.2, 0.25) is 0 Å². The molecular formula is C22H23F3N4O. The molecule has 1 heterocycles. The van der Waals surface area contributed by atoms with E-state index in [0.717, 1.165) is 28.7 Å². The molecule has 0 aliphatic heterocycles. The van der Waals surface area contributed by atoms with Gasteiger partial charge in [-0.1, -0.05) is 36.4 Å². The van der Waals surface area contributed by atoms with Crippen molar-refractivity contribution in [2.24, 2.45) is 0 Å². The molecule has 0 saturated carbocycles. The van der Waals surface area contributed by atoms with Gasteiger partial charge in [-0.15, -0.1) is 0 Å². The Labute approximate surface area is 172 Å². The summed E-state index contributed by atoms with van der Waals surface area (Å²) < 4.78 is 40.9. The number of benzene rings is 2. The fraction of sp³-hybridized carbons (Fsp3) is 0.273. The molecule has 3 aromatic rings. The quantitative estimate of drug-likeness (QED) is 0.619. The monoisotopic (exact) mass is 416 g/mol. The summed E-state index contributed by atoms with van der Waals surface area (Å²) in [6, 6.07) is 14.6. The fourth-order valence-electron chi connectivity index (χ4n) is 3.31. The molecule has 1 aromatic heterocycles. The van der Waals surface area contributed by atoms with Crippen LogP contribution in [0.1, 0.15) is 28.1 Å². The Hall–Kier alpha value is -3.29. The lowest BCUT2D eigenvalue weighted by Crippen LogP contribution is -2.36. The van der Waals surface area contributed by atoms with Gasteiger partial charge in [0.15, 0.2) is 0 Å². The normalized spacial score (nSPS) is 11.4. The van der Waals surface area contributed by atoms with Gasteiger partial charge in [0, 0.05) is 24.3 Å². The van der Waals surface area contributed by atoms with Crippen molar-refractivity contribution in [3.63, 3.8) is 0 Å². The molecule has 0 radical (unpaired) electrons. The predicted molar refractivity (Wildman–Crippen MR) is 108 cm³/mol. The second kappa shape index (κ2) is 9.02. The number of aryl methyl sites for hydroxylation is 1. The van der Waals surface area contributed by atoms with Crippen LogP contribution >= 0.6 is 0 Å². The molecular weight excluding hydrogens is 393 g/mol. The molecule has 8 heteroatoms. The van der Waals surface area contributed by atoms with Crippen molar-refractivity contribution >= 4 is 6.03 Å². The summed E-state index contributed by atoms with van der Waals surface area (Å²) >= 11 is 0. The summed E-state index contributed by atoms with van der Waals surface area (Å²) in [7, 11) is 0. The second-order valence-corrected chi connectivity index (χ2v) is 6.91. The summed E-state index contributed by atoms with van der Waals surface area (Å²) in [5.74, 6) is 0. The zero-order chi connectivity index (χ0) is 21.7. The molecule has 158 valence electrons. The van der Waals surface area contributed by atoms with Crippen molar-refractivity contribution in [1.29, 1.82) is 0 Å². The smallest absolute Gasteiger partial charge is 0.338 e. The molecule has 0 spiro atoms. The lowest BCUT2D eigenvalue weighted by atomic mass is 10.0. The summed E-state index contributed by atoms with van der Waals surface area (Å²) in [6.45, 7) is 4.17. The number of nitrogens with one attached hydrogen (secondary N) is 2. The second-order valence-electron chi connectivity index (χ2n) is 6.91. The molecule has 0 aliphatic carbocycles. The van der Waals surface area contributed by atoms with Crippen LogP contribution in [0, 0.1) is 13.8 Å². The van der Waals surface area contributed by atoms with Crippen LogP contribution in [0.5, 0.6) is 0 Å². The molecule has 2 aromatic carbocycles. The van der Waals surface area contributed by atoms with E-state index >= 15 is 0 Å². The maximum Gasteiger partial charge on any atom is 0.416 e. The number of alkyl halides is 3. The maximum absolute atomic E-state index is 13.0. The summed E-state index contributed by atoms with van der Waals surface area (Å²) in [5, 5.41) is 9.90. The molecule has 2 amide bonds. The van der Waals surface area contributed by atoms with Gasteiger partial charge < -0.3 is 10.6 Å². The molecule has 0 saturated heterocycles. The third-order valence-electron chi connectivity index (χ3n) is 4.87. The van der Waals surface area contributed by atoms with Crippen molar-refractivity contribution in [2.75, 3.05) is 6.54 Å². The minimum absolute atomic E-state index is 0.0904. The third-order valence-corrected chi connectivity index (χ3v) is 4.87. The number of nitrogens with zero attached hydrogens (tertiary/aromatic N) is 2. The number of para-hydroxylation sites is 1. The van der Waals surface area contributed by atoms with Gasteiger partial charge in [-0.3, -0.25) is 0 Å². The van der Waals surface area contributed by atoms with Gasteiger partial charge in [0.25, 0.3) is 0 Å². The number of carbonyl (C=O) groups excluding carboxylic acids is 1. The summed E-state index contributed by atoms with van der Waals surface area (Å²) in [6.07, 6.45) is -4.32. The Morgan fingerprint density at radius 1 is 1.00 bits per heavy atom. The largest absolute Gasteiger partial charge is 0.416 e. The van der Waals surface area contributed by atoms with E-state index in [9.17, 15) is 18.0 Å². The van der Waals surface area contributed by atoms with Crippen molar-refractivity contribution in [3.8, 4) is 5.69 Å². The Morgan fingerprint density at radius 3 is 2.37 bits per heavy atom. The van der Waals surface area contributed by atoms with Crippen molar-refractivity contribution < 1.29 is 18.0 Å². The molecule has 0 aliphatic rings. The van der Waals surface area contributed by atoms with Crippen LogP contribution in [0.25, 0.3) is 5.69 Å². The summed E-state index contributed by atoms with van der Waals surface area (Å²) in [5.41, 5.74) is 3.02. The SMILES string of the molecule is Cc1nn(-c2ccccc2)c(C)c1CNC(=O)NCCc1ccccc1C(F)(F)F. The highest BCUT2D eigenvalue weighted by Gasteiger charge is 2.32. The molecule has 5 nitrogen and oxygen atoms in total. The molecule has 30 heavy (non-hydrogen) atoms. The first-order valence-corrected chi connectivity index (χ1v) is 9.54. The number of carbonyl (C=O) groups is 1. The number of halogens is 3. The van der Waals surface area contributed by atoms with Crippen LogP contribution < -0.4 is 10.6 Å². The van der Waals surface area contributed by atoms with Gasteiger partial charge in [-0.25, -0.2) is 9.48 Å². The van der Waals surface area contributed by atoms with Gasteiger partial charge in [-0.2, -0.15) is 18.3 Å². The van der Waals surface area contributed by atoms with Crippen LogP contribution in [0.15, 0.2) is 54.6 Å². The Morgan fingerprint density at radius 2 is 1.67 bits per heavy atom. The van der Waals surface area contributed by atoms with E-state index in [1.165, 1.54) is 12.1 Å². The number of aromatic nitrogens is 2. The van der Waals surface area contributed by atoms with Crippen molar-refractivity contribution in [1.82, 2.24) is 20.4 Å². The van der Waals surface area contributed by atoms with E-state index in [4.69, 9.17) is 0 Å². The zero-order valence-electron chi connectivity index (χ0n) is 16.8. The van der Waals surface area contributed by atoms with Gasteiger partial charge in [-0.05, 0) is 44.0 Å². The molecule has 0 fully saturated rings. The standard InChI is InChI=1S/C22H23F3N4O/c1-15-19(16(2)29(28-15)18-9-4-3-5-10-18)14-27-21(30)26-13-12-17-8-6-7-11-20(17)22(23,24)25/h3-11H,12-14H2,1-2H3,(H2,26,27,30). The lowest BCUT2D eigenvalue weighted by Gasteiger charge is -2.13. The Kier molecular flexibility index (Phi) is 6.44. The van der Waals surface area contributed by atoms with E-state index in [1.54, 1.807) is 6.07 Å². The molecule has 2 N–H and O–H groups in total. The first-order valence-electron chi connectivity index (χ1n) is 9.54. The average molecular weight is 416 g/mol. The highest BCUT2D eigenvalue weighted by atomic mass is 19.4. The maximum atomic E-state index is 13.0. The van der Waals surface area contributed by atoms with E-state index in [-0.39, 0.29) is 25.1 Å². The molecule has 3 rings (SSSR count). The fourth-order valence-corrected chi connectivity index (χ4v) is 3.31. The summed E-state index contributed by atoms with van der Waals surface area (Å²) in [4.78, 5) is 12.1. The van der Waals surface area contributed by atoms with Gasteiger partial charge in [0.2, 0.25) is 0 Å².